The summed E-state index contributed by atoms with van der Waals surface area (Å²) in [4.78, 5) is 16.4. The summed E-state index contributed by atoms with van der Waals surface area (Å²) >= 11 is 0. The molecule has 1 aliphatic heterocycles. The van der Waals surface area contributed by atoms with Crippen molar-refractivity contribution in [1.29, 1.82) is 0 Å². The molecule has 2 rings (SSSR count). The largest absolute Gasteiger partial charge is 0.444 e. The van der Waals surface area contributed by atoms with E-state index in [4.69, 9.17) is 9.16 Å². The molecule has 1 saturated heterocycles. The van der Waals surface area contributed by atoms with Crippen LogP contribution in [0.3, 0.4) is 0 Å². The number of hydrogen-bond donors (Lipinski definition) is 0. The van der Waals surface area contributed by atoms with Gasteiger partial charge < -0.3 is 14.1 Å². The molecule has 5 nitrogen and oxygen atoms in total. The fraction of sp³-hybridized carbons (Fsp3) is 0.720. The lowest BCUT2D eigenvalue weighted by Crippen LogP contribution is -2.45. The third-order valence-electron chi connectivity index (χ3n) is 6.68. The Morgan fingerprint density at radius 2 is 1.79 bits per heavy atom. The van der Waals surface area contributed by atoms with Crippen LogP contribution in [-0.2, 0) is 15.3 Å². The Hall–Kier alpha value is -1.58. The fourth-order valence-electron chi connectivity index (χ4n) is 3.73. The molecule has 9 heteroatoms. The molecule has 1 aliphatic rings. The minimum absolute atomic E-state index is 0.0786. The molecule has 1 amide bonds. The number of amides is 1. The van der Waals surface area contributed by atoms with Gasteiger partial charge in [-0.2, -0.15) is 13.2 Å². The molecular weight excluding hydrogens is 461 g/mol. The van der Waals surface area contributed by atoms with Gasteiger partial charge in [0.1, 0.15) is 5.60 Å². The summed E-state index contributed by atoms with van der Waals surface area (Å²) < 4.78 is 52.3. The van der Waals surface area contributed by atoms with Gasteiger partial charge in [-0.1, -0.05) is 32.9 Å². The minimum Gasteiger partial charge on any atom is -0.444 e. The molecule has 1 fully saturated rings. The topological polar surface area (TPSA) is 42.0 Å². The van der Waals surface area contributed by atoms with E-state index in [9.17, 15) is 18.0 Å². The van der Waals surface area contributed by atoms with Crippen molar-refractivity contribution in [3.63, 3.8) is 0 Å². The number of ether oxygens (including phenoxy) is 1. The quantitative estimate of drug-likeness (QED) is 0.406. The highest BCUT2D eigenvalue weighted by Gasteiger charge is 2.41. The highest BCUT2D eigenvalue weighted by Crippen LogP contribution is 2.39. The number of likely N-dealkylation sites (N-methyl/N-ethyl adjacent to an activating group) is 1. The molecule has 194 valence electrons. The lowest BCUT2D eigenvalue weighted by atomic mass is 10.0. The van der Waals surface area contributed by atoms with E-state index in [1.807, 2.05) is 0 Å². The average Bonchev–Trinajstić information content (AvgIpc) is 3.09. The monoisotopic (exact) mass is 502 g/mol. The summed E-state index contributed by atoms with van der Waals surface area (Å²) in [6.45, 7) is 18.2. The lowest BCUT2D eigenvalue weighted by molar-refractivity contribution is -0.137. The van der Waals surface area contributed by atoms with E-state index < -0.39 is 37.8 Å². The Bertz CT molecular complexity index is 847. The van der Waals surface area contributed by atoms with Crippen molar-refractivity contribution in [3.8, 4) is 0 Å². The molecular formula is C25H41F3N2O3Si. The molecule has 0 aromatic heterocycles. The van der Waals surface area contributed by atoms with Gasteiger partial charge >= 0.3 is 12.3 Å². The number of alkyl halides is 3. The van der Waals surface area contributed by atoms with Gasteiger partial charge in [0, 0.05) is 26.7 Å². The molecule has 0 unspecified atom stereocenters. The first kappa shape index (κ1) is 28.7. The van der Waals surface area contributed by atoms with E-state index in [-0.39, 0.29) is 11.1 Å². The number of carbonyl (C=O) groups is 1. The van der Waals surface area contributed by atoms with Gasteiger partial charge in [0.15, 0.2) is 8.32 Å². The Morgan fingerprint density at radius 1 is 1.18 bits per heavy atom. The van der Waals surface area contributed by atoms with Crippen LogP contribution < -0.4 is 0 Å². The number of nitrogens with zero attached hydrogens (tertiary/aromatic N) is 2. The zero-order chi connectivity index (χ0) is 26.1. The van der Waals surface area contributed by atoms with Gasteiger partial charge in [-0.05, 0) is 63.0 Å². The van der Waals surface area contributed by atoms with Crippen LogP contribution in [-0.4, -0.2) is 62.6 Å². The van der Waals surface area contributed by atoms with Gasteiger partial charge in [-0.3, -0.25) is 4.90 Å². The summed E-state index contributed by atoms with van der Waals surface area (Å²) in [6, 6.07) is 4.61. The van der Waals surface area contributed by atoms with Crippen molar-refractivity contribution in [1.82, 2.24) is 9.80 Å². The number of hydrogen-bond acceptors (Lipinski definition) is 4. The van der Waals surface area contributed by atoms with Crippen molar-refractivity contribution < 1.29 is 27.1 Å². The zero-order valence-corrected chi connectivity index (χ0v) is 23.0. The standard InChI is InChI=1S/C25H41F3N2O3Si/c1-23(2,3)32-22(31)29(7)21(18-11-10-12-19(15-18)25(26,27)28)17-30-14-13-20(16-30)33-34(8,9)24(4,5)6/h10-12,15,20-21H,13-14,16-17H2,1-9H3/t20-,21+/m0/s1. The zero-order valence-electron chi connectivity index (χ0n) is 22.0. The van der Waals surface area contributed by atoms with Crippen molar-refractivity contribution in [3.05, 3.63) is 35.4 Å². The summed E-state index contributed by atoms with van der Waals surface area (Å²) in [5.41, 5.74) is -1.01. The highest BCUT2D eigenvalue weighted by molar-refractivity contribution is 6.74. The second-order valence-electron chi connectivity index (χ2n) is 11.8. The number of benzene rings is 1. The Morgan fingerprint density at radius 3 is 2.32 bits per heavy atom. The van der Waals surface area contributed by atoms with Gasteiger partial charge in [-0.25, -0.2) is 4.79 Å². The molecule has 0 spiro atoms. The summed E-state index contributed by atoms with van der Waals surface area (Å²) in [6.07, 6.45) is -4.09. The molecule has 2 atom stereocenters. The molecule has 0 N–H and O–H groups in total. The maximum atomic E-state index is 13.4. The molecule has 0 aliphatic carbocycles. The number of carbonyl (C=O) groups excluding carboxylic acids is 1. The first-order chi connectivity index (χ1) is 15.3. The molecule has 0 bridgehead atoms. The highest BCUT2D eigenvalue weighted by atomic mass is 28.4. The minimum atomic E-state index is -4.46. The average molecular weight is 503 g/mol. The Labute approximate surface area is 203 Å². The molecule has 34 heavy (non-hydrogen) atoms. The smallest absolute Gasteiger partial charge is 0.416 e. The summed E-state index contributed by atoms with van der Waals surface area (Å²) in [7, 11) is -0.353. The second kappa shape index (κ2) is 10.2. The third kappa shape index (κ3) is 7.71. The van der Waals surface area contributed by atoms with Crippen LogP contribution >= 0.6 is 0 Å². The van der Waals surface area contributed by atoms with E-state index >= 15 is 0 Å². The van der Waals surface area contributed by atoms with Crippen molar-refractivity contribution >= 4 is 14.4 Å². The van der Waals surface area contributed by atoms with Crippen LogP contribution in [0.1, 0.15) is 65.1 Å². The van der Waals surface area contributed by atoms with E-state index in [1.54, 1.807) is 33.9 Å². The van der Waals surface area contributed by atoms with E-state index in [2.05, 4.69) is 38.8 Å². The fourth-order valence-corrected chi connectivity index (χ4v) is 5.11. The molecule has 1 heterocycles. The number of rotatable bonds is 6. The first-order valence-electron chi connectivity index (χ1n) is 11.8. The van der Waals surface area contributed by atoms with E-state index in [0.29, 0.717) is 18.7 Å². The molecule has 0 saturated carbocycles. The number of halogens is 3. The normalized spacial score (nSPS) is 19.2. The van der Waals surface area contributed by atoms with E-state index in [0.717, 1.165) is 25.1 Å². The third-order valence-corrected chi connectivity index (χ3v) is 11.2. The second-order valence-corrected chi connectivity index (χ2v) is 16.5. The maximum Gasteiger partial charge on any atom is 0.416 e. The van der Waals surface area contributed by atoms with Crippen LogP contribution in [0.4, 0.5) is 18.0 Å². The van der Waals surface area contributed by atoms with Crippen LogP contribution in [0.2, 0.25) is 18.1 Å². The van der Waals surface area contributed by atoms with Crippen LogP contribution in [0.25, 0.3) is 0 Å². The van der Waals surface area contributed by atoms with Gasteiger partial charge in [-0.15, -0.1) is 0 Å². The van der Waals surface area contributed by atoms with Crippen LogP contribution in [0.5, 0.6) is 0 Å². The van der Waals surface area contributed by atoms with Crippen molar-refractivity contribution in [2.75, 3.05) is 26.7 Å². The summed E-state index contributed by atoms with van der Waals surface area (Å²) in [5, 5.41) is 0.0952. The number of likely N-dealkylation sites (tertiary alicyclic amines) is 1. The predicted octanol–water partition coefficient (Wildman–Crippen LogP) is 6.71. The molecule has 1 aromatic carbocycles. The predicted molar refractivity (Wildman–Crippen MR) is 131 cm³/mol. The molecule has 1 aromatic rings. The van der Waals surface area contributed by atoms with Crippen LogP contribution in [0, 0.1) is 0 Å². The first-order valence-corrected chi connectivity index (χ1v) is 14.7. The van der Waals surface area contributed by atoms with Crippen molar-refractivity contribution in [2.45, 2.75) is 90.0 Å². The van der Waals surface area contributed by atoms with Gasteiger partial charge in [0.25, 0.3) is 0 Å². The van der Waals surface area contributed by atoms with Crippen molar-refractivity contribution in [2.24, 2.45) is 0 Å². The van der Waals surface area contributed by atoms with Gasteiger partial charge in [0.05, 0.1) is 17.7 Å². The molecule has 0 radical (unpaired) electrons. The SMILES string of the molecule is CN(C(=O)OC(C)(C)C)[C@H](CN1CC[C@H](O[Si](C)(C)C(C)(C)C)C1)c1cccc(C(F)(F)F)c1. The lowest BCUT2D eigenvalue weighted by Gasteiger charge is -2.38. The van der Waals surface area contributed by atoms with Crippen LogP contribution in [0.15, 0.2) is 24.3 Å². The Balaban J connectivity index is 2.25. The van der Waals surface area contributed by atoms with E-state index in [1.165, 1.54) is 11.0 Å². The maximum absolute atomic E-state index is 13.4. The van der Waals surface area contributed by atoms with Gasteiger partial charge in [0.2, 0.25) is 0 Å². The summed E-state index contributed by atoms with van der Waals surface area (Å²) in [5.74, 6) is 0. The Kier molecular flexibility index (Phi) is 8.58.